The van der Waals surface area contributed by atoms with Gasteiger partial charge in [-0.1, -0.05) is 66.7 Å². The Kier molecular flexibility index (Phi) is 3.01. The van der Waals surface area contributed by atoms with E-state index < -0.39 is 0 Å². The van der Waals surface area contributed by atoms with Crippen LogP contribution in [0.25, 0.3) is 10.8 Å². The summed E-state index contributed by atoms with van der Waals surface area (Å²) in [4.78, 5) is 0. The second-order valence-corrected chi connectivity index (χ2v) is 5.97. The van der Waals surface area contributed by atoms with Gasteiger partial charge in [0, 0.05) is 12.0 Å². The predicted molar refractivity (Wildman–Crippen MR) is 88.4 cm³/mol. The van der Waals surface area contributed by atoms with E-state index in [9.17, 15) is 0 Å². The van der Waals surface area contributed by atoms with E-state index >= 15 is 0 Å². The SMILES string of the molecule is N[C@H]1CC[C@@H](c2ccc3ccccc3c2)c2ccccc21. The highest BCUT2D eigenvalue weighted by Gasteiger charge is 2.25. The van der Waals surface area contributed by atoms with Gasteiger partial charge in [-0.15, -0.1) is 0 Å². The normalized spacial score (nSPS) is 21.2. The lowest BCUT2D eigenvalue weighted by atomic mass is 9.77. The van der Waals surface area contributed by atoms with Gasteiger partial charge in [-0.2, -0.15) is 0 Å². The lowest BCUT2D eigenvalue weighted by Gasteiger charge is -2.30. The number of nitrogens with two attached hydrogens (primary N) is 1. The van der Waals surface area contributed by atoms with Gasteiger partial charge in [0.15, 0.2) is 0 Å². The first-order valence-corrected chi connectivity index (χ1v) is 7.66. The van der Waals surface area contributed by atoms with Gasteiger partial charge in [0.05, 0.1) is 0 Å². The van der Waals surface area contributed by atoms with Crippen LogP contribution in [-0.4, -0.2) is 0 Å². The molecule has 3 aromatic carbocycles. The monoisotopic (exact) mass is 273 g/mol. The predicted octanol–water partition coefficient (Wildman–Crippen LogP) is 4.77. The standard InChI is InChI=1S/C20H19N/c21-20-12-11-17(18-7-3-4-8-19(18)20)16-10-9-14-5-1-2-6-15(14)13-16/h1-10,13,17,20H,11-12,21H2/t17-,20-/m0/s1. The smallest absolute Gasteiger partial charge is 0.0298 e. The molecule has 21 heavy (non-hydrogen) atoms. The fourth-order valence-corrected chi connectivity index (χ4v) is 3.59. The third-order valence-electron chi connectivity index (χ3n) is 4.71. The molecule has 0 spiro atoms. The van der Waals surface area contributed by atoms with Crippen molar-refractivity contribution in [2.75, 3.05) is 0 Å². The van der Waals surface area contributed by atoms with Gasteiger partial charge < -0.3 is 5.73 Å². The molecule has 1 aliphatic carbocycles. The van der Waals surface area contributed by atoms with Crippen LogP contribution < -0.4 is 5.73 Å². The summed E-state index contributed by atoms with van der Waals surface area (Å²) >= 11 is 0. The molecule has 3 aromatic rings. The molecule has 2 atom stereocenters. The summed E-state index contributed by atoms with van der Waals surface area (Å²) in [5, 5.41) is 2.63. The Morgan fingerprint density at radius 1 is 0.714 bits per heavy atom. The van der Waals surface area contributed by atoms with E-state index in [0.717, 1.165) is 12.8 Å². The quantitative estimate of drug-likeness (QED) is 0.679. The average molecular weight is 273 g/mol. The van der Waals surface area contributed by atoms with Crippen LogP contribution in [0.4, 0.5) is 0 Å². The van der Waals surface area contributed by atoms with Crippen molar-refractivity contribution in [3.8, 4) is 0 Å². The van der Waals surface area contributed by atoms with Crippen molar-refractivity contribution in [1.29, 1.82) is 0 Å². The molecule has 0 bridgehead atoms. The molecule has 0 amide bonds. The Morgan fingerprint density at radius 3 is 2.29 bits per heavy atom. The largest absolute Gasteiger partial charge is 0.324 e. The Morgan fingerprint density at radius 2 is 1.43 bits per heavy atom. The van der Waals surface area contributed by atoms with E-state index in [0.29, 0.717) is 5.92 Å². The minimum atomic E-state index is 0.193. The number of fused-ring (bicyclic) bond motifs is 2. The third-order valence-corrected chi connectivity index (χ3v) is 4.71. The van der Waals surface area contributed by atoms with Gasteiger partial charge in [-0.25, -0.2) is 0 Å². The Labute approximate surface area is 125 Å². The highest BCUT2D eigenvalue weighted by molar-refractivity contribution is 5.83. The van der Waals surface area contributed by atoms with Gasteiger partial charge in [-0.3, -0.25) is 0 Å². The van der Waals surface area contributed by atoms with Crippen LogP contribution in [-0.2, 0) is 0 Å². The van der Waals surface area contributed by atoms with Crippen molar-refractivity contribution < 1.29 is 0 Å². The molecule has 0 fully saturated rings. The second kappa shape index (κ2) is 5.01. The van der Waals surface area contributed by atoms with Crippen LogP contribution >= 0.6 is 0 Å². The van der Waals surface area contributed by atoms with Gasteiger partial charge in [0.1, 0.15) is 0 Å². The number of rotatable bonds is 1. The van der Waals surface area contributed by atoms with Crippen LogP contribution in [0.1, 0.15) is 41.5 Å². The molecule has 104 valence electrons. The van der Waals surface area contributed by atoms with E-state index in [2.05, 4.69) is 66.7 Å². The molecule has 2 N–H and O–H groups in total. The third kappa shape index (κ3) is 2.14. The summed E-state index contributed by atoms with van der Waals surface area (Å²) in [7, 11) is 0. The van der Waals surface area contributed by atoms with Gasteiger partial charge >= 0.3 is 0 Å². The summed E-state index contributed by atoms with van der Waals surface area (Å²) in [6, 6.07) is 24.3. The topological polar surface area (TPSA) is 26.0 Å². The summed E-state index contributed by atoms with van der Waals surface area (Å²) in [5.41, 5.74) is 10.4. The van der Waals surface area contributed by atoms with Crippen LogP contribution in [0.5, 0.6) is 0 Å². The van der Waals surface area contributed by atoms with Crippen LogP contribution in [0.2, 0.25) is 0 Å². The van der Waals surface area contributed by atoms with E-state index in [4.69, 9.17) is 5.73 Å². The molecular weight excluding hydrogens is 254 g/mol. The highest BCUT2D eigenvalue weighted by Crippen LogP contribution is 2.40. The second-order valence-electron chi connectivity index (χ2n) is 5.97. The highest BCUT2D eigenvalue weighted by atomic mass is 14.6. The summed E-state index contributed by atoms with van der Waals surface area (Å²) in [6.07, 6.45) is 2.20. The minimum Gasteiger partial charge on any atom is -0.324 e. The molecule has 0 aliphatic heterocycles. The molecule has 1 aliphatic rings. The average Bonchev–Trinajstić information content (AvgIpc) is 2.55. The van der Waals surface area contributed by atoms with E-state index in [1.807, 2.05) is 0 Å². The summed E-state index contributed by atoms with van der Waals surface area (Å²) in [5.74, 6) is 0.477. The van der Waals surface area contributed by atoms with Crippen LogP contribution in [0.3, 0.4) is 0 Å². The molecule has 0 heterocycles. The molecule has 1 nitrogen and oxygen atoms in total. The van der Waals surface area contributed by atoms with Gasteiger partial charge in [0.25, 0.3) is 0 Å². The van der Waals surface area contributed by atoms with E-state index in [1.54, 1.807) is 0 Å². The van der Waals surface area contributed by atoms with Gasteiger partial charge in [-0.05, 0) is 40.3 Å². The molecule has 4 rings (SSSR count). The van der Waals surface area contributed by atoms with Crippen molar-refractivity contribution >= 4 is 10.8 Å². The number of hydrogen-bond acceptors (Lipinski definition) is 1. The zero-order valence-corrected chi connectivity index (χ0v) is 12.0. The molecular formula is C20H19N. The fourth-order valence-electron chi connectivity index (χ4n) is 3.59. The van der Waals surface area contributed by atoms with Gasteiger partial charge in [0.2, 0.25) is 0 Å². The van der Waals surface area contributed by atoms with Crippen molar-refractivity contribution in [2.45, 2.75) is 24.8 Å². The zero-order chi connectivity index (χ0) is 14.2. The zero-order valence-electron chi connectivity index (χ0n) is 12.0. The molecule has 0 saturated heterocycles. The molecule has 0 radical (unpaired) electrons. The minimum absolute atomic E-state index is 0.193. The number of hydrogen-bond donors (Lipinski definition) is 1. The maximum Gasteiger partial charge on any atom is 0.0298 e. The first-order valence-electron chi connectivity index (χ1n) is 7.66. The first kappa shape index (κ1) is 12.6. The van der Waals surface area contributed by atoms with Crippen molar-refractivity contribution in [3.63, 3.8) is 0 Å². The van der Waals surface area contributed by atoms with Crippen molar-refractivity contribution in [2.24, 2.45) is 5.73 Å². The maximum atomic E-state index is 6.28. The summed E-state index contributed by atoms with van der Waals surface area (Å²) < 4.78 is 0. The lowest BCUT2D eigenvalue weighted by molar-refractivity contribution is 0.530. The summed E-state index contributed by atoms with van der Waals surface area (Å²) in [6.45, 7) is 0. The maximum absolute atomic E-state index is 6.28. The van der Waals surface area contributed by atoms with E-state index in [-0.39, 0.29) is 6.04 Å². The Bertz CT molecular complexity index is 790. The van der Waals surface area contributed by atoms with E-state index in [1.165, 1.54) is 27.5 Å². The lowest BCUT2D eigenvalue weighted by Crippen LogP contribution is -2.20. The Balaban J connectivity index is 1.84. The molecule has 1 heteroatoms. The molecule has 0 unspecified atom stereocenters. The Hall–Kier alpha value is -2.12. The first-order chi connectivity index (χ1) is 10.3. The van der Waals surface area contributed by atoms with Crippen molar-refractivity contribution in [3.05, 3.63) is 83.4 Å². The van der Waals surface area contributed by atoms with Crippen LogP contribution in [0, 0.1) is 0 Å². The van der Waals surface area contributed by atoms with Crippen LogP contribution in [0.15, 0.2) is 66.7 Å². The fraction of sp³-hybridized carbons (Fsp3) is 0.200. The van der Waals surface area contributed by atoms with Crippen molar-refractivity contribution in [1.82, 2.24) is 0 Å². The number of benzene rings is 3. The molecule has 0 aromatic heterocycles. The molecule has 0 saturated carbocycles.